The Kier molecular flexibility index (Phi) is 5.89. The second-order valence-electron chi connectivity index (χ2n) is 6.06. The first kappa shape index (κ1) is 16.9. The van der Waals surface area contributed by atoms with Crippen LogP contribution in [0.3, 0.4) is 0 Å². The summed E-state index contributed by atoms with van der Waals surface area (Å²) >= 11 is 0. The van der Waals surface area contributed by atoms with Crippen molar-refractivity contribution in [3.05, 3.63) is 27.4 Å². The zero-order valence-electron chi connectivity index (χ0n) is 13.7. The lowest BCUT2D eigenvalue weighted by atomic mass is 10.0. The average molecular weight is 280 g/mol. The summed E-state index contributed by atoms with van der Waals surface area (Å²) in [6.45, 7) is 11.0. The van der Waals surface area contributed by atoms with Crippen molar-refractivity contribution < 1.29 is 0 Å². The molecule has 5 heteroatoms. The smallest absolute Gasteiger partial charge is 0.255 e. The second kappa shape index (κ2) is 6.99. The normalized spacial score (nSPS) is 14.8. The van der Waals surface area contributed by atoms with Gasteiger partial charge in [0.15, 0.2) is 0 Å². The van der Waals surface area contributed by atoms with Crippen molar-refractivity contribution in [2.24, 2.45) is 5.92 Å². The summed E-state index contributed by atoms with van der Waals surface area (Å²) in [5.74, 6) is 1.22. The number of aromatic nitrogens is 2. The Morgan fingerprint density at radius 3 is 2.30 bits per heavy atom. The summed E-state index contributed by atoms with van der Waals surface area (Å²) in [5, 5.41) is 3.46. The van der Waals surface area contributed by atoms with Gasteiger partial charge in [-0.1, -0.05) is 13.8 Å². The first-order chi connectivity index (χ1) is 9.23. The Balaban J connectivity index is 2.82. The molecule has 0 fully saturated rings. The highest BCUT2D eigenvalue weighted by atomic mass is 16.1. The minimum absolute atomic E-state index is 0.00644. The van der Waals surface area contributed by atoms with Gasteiger partial charge in [-0.3, -0.25) is 4.79 Å². The van der Waals surface area contributed by atoms with Crippen molar-refractivity contribution in [3.8, 4) is 0 Å². The van der Waals surface area contributed by atoms with Crippen LogP contribution in [0, 0.1) is 19.8 Å². The predicted molar refractivity (Wildman–Crippen MR) is 83.1 cm³/mol. The molecule has 0 aromatic carbocycles. The Morgan fingerprint density at radius 1 is 1.25 bits per heavy atom. The molecule has 0 aliphatic heterocycles. The molecular formula is C15H28N4O. The molecular weight excluding hydrogens is 252 g/mol. The highest BCUT2D eigenvalue weighted by molar-refractivity contribution is 5.20. The Hall–Kier alpha value is -1.20. The van der Waals surface area contributed by atoms with Crippen LogP contribution in [0.15, 0.2) is 4.79 Å². The van der Waals surface area contributed by atoms with E-state index in [9.17, 15) is 4.79 Å². The summed E-state index contributed by atoms with van der Waals surface area (Å²) in [5.41, 5.74) is 1.50. The van der Waals surface area contributed by atoms with Gasteiger partial charge in [0.1, 0.15) is 5.82 Å². The van der Waals surface area contributed by atoms with Gasteiger partial charge < -0.3 is 15.2 Å². The van der Waals surface area contributed by atoms with Crippen LogP contribution in [0.1, 0.15) is 43.9 Å². The molecule has 0 amide bonds. The molecule has 0 spiro atoms. The average Bonchev–Trinajstić information content (AvgIpc) is 2.26. The second-order valence-corrected chi connectivity index (χ2v) is 6.06. The molecule has 0 bridgehead atoms. The molecule has 0 aliphatic carbocycles. The van der Waals surface area contributed by atoms with E-state index >= 15 is 0 Å². The van der Waals surface area contributed by atoms with Crippen molar-refractivity contribution in [2.75, 3.05) is 20.6 Å². The summed E-state index contributed by atoms with van der Waals surface area (Å²) in [7, 11) is 4.17. The maximum Gasteiger partial charge on any atom is 0.255 e. The Morgan fingerprint density at radius 2 is 1.85 bits per heavy atom. The van der Waals surface area contributed by atoms with Gasteiger partial charge in [0.25, 0.3) is 5.56 Å². The number of H-pyrrole nitrogens is 1. The van der Waals surface area contributed by atoms with Crippen LogP contribution in [-0.4, -0.2) is 41.5 Å². The standard InChI is InChI=1S/C15H28N4O/c1-9(2)13(19(6)7)8-16-10(3)14-11(4)17-12(5)18-15(14)20/h9-10,13,16H,8H2,1-7H3,(H,17,18,20). The van der Waals surface area contributed by atoms with Gasteiger partial charge in [-0.25, -0.2) is 4.98 Å². The largest absolute Gasteiger partial charge is 0.310 e. The number of nitrogens with one attached hydrogen (secondary N) is 2. The highest BCUT2D eigenvalue weighted by Gasteiger charge is 2.19. The zero-order valence-corrected chi connectivity index (χ0v) is 13.7. The third-order valence-electron chi connectivity index (χ3n) is 3.76. The topological polar surface area (TPSA) is 61.0 Å². The highest BCUT2D eigenvalue weighted by Crippen LogP contribution is 2.13. The van der Waals surface area contributed by atoms with Crippen LogP contribution < -0.4 is 10.9 Å². The van der Waals surface area contributed by atoms with E-state index in [1.54, 1.807) is 6.92 Å². The van der Waals surface area contributed by atoms with E-state index in [1.807, 2.05) is 13.8 Å². The van der Waals surface area contributed by atoms with Gasteiger partial charge >= 0.3 is 0 Å². The third-order valence-corrected chi connectivity index (χ3v) is 3.76. The number of hydrogen-bond donors (Lipinski definition) is 2. The molecule has 2 unspecified atom stereocenters. The van der Waals surface area contributed by atoms with Gasteiger partial charge in [0.05, 0.1) is 5.56 Å². The van der Waals surface area contributed by atoms with Crippen LogP contribution in [0.2, 0.25) is 0 Å². The van der Waals surface area contributed by atoms with Gasteiger partial charge in [-0.15, -0.1) is 0 Å². The Labute approximate surface area is 121 Å². The van der Waals surface area contributed by atoms with E-state index in [0.717, 1.165) is 17.8 Å². The summed E-state index contributed by atoms with van der Waals surface area (Å²) < 4.78 is 0. The first-order valence-corrected chi connectivity index (χ1v) is 7.21. The monoisotopic (exact) mass is 280 g/mol. The van der Waals surface area contributed by atoms with Crippen LogP contribution in [0.5, 0.6) is 0 Å². The lowest BCUT2D eigenvalue weighted by Gasteiger charge is -2.29. The molecule has 0 radical (unpaired) electrons. The minimum atomic E-state index is -0.0408. The molecule has 20 heavy (non-hydrogen) atoms. The first-order valence-electron chi connectivity index (χ1n) is 7.21. The number of nitrogens with zero attached hydrogens (tertiary/aromatic N) is 2. The van der Waals surface area contributed by atoms with Gasteiger partial charge in [0, 0.05) is 24.3 Å². The van der Waals surface area contributed by atoms with Gasteiger partial charge in [-0.2, -0.15) is 0 Å². The fourth-order valence-corrected chi connectivity index (χ4v) is 2.66. The summed E-state index contributed by atoms with van der Waals surface area (Å²) in [4.78, 5) is 21.4. The van der Waals surface area contributed by atoms with E-state index in [2.05, 4.69) is 48.1 Å². The maximum atomic E-state index is 12.1. The van der Waals surface area contributed by atoms with Crippen molar-refractivity contribution in [2.45, 2.75) is 46.7 Å². The van der Waals surface area contributed by atoms with Crippen LogP contribution in [0.25, 0.3) is 0 Å². The molecule has 2 atom stereocenters. The molecule has 114 valence electrons. The van der Waals surface area contributed by atoms with Crippen LogP contribution >= 0.6 is 0 Å². The van der Waals surface area contributed by atoms with Crippen LogP contribution in [0.4, 0.5) is 0 Å². The van der Waals surface area contributed by atoms with E-state index < -0.39 is 0 Å². The molecule has 1 aromatic rings. The number of rotatable bonds is 6. The lowest BCUT2D eigenvalue weighted by Crippen LogP contribution is -2.43. The van der Waals surface area contributed by atoms with Gasteiger partial charge in [0.2, 0.25) is 0 Å². The van der Waals surface area contributed by atoms with Crippen LogP contribution in [-0.2, 0) is 0 Å². The van der Waals surface area contributed by atoms with Crippen molar-refractivity contribution >= 4 is 0 Å². The van der Waals surface area contributed by atoms with Crippen molar-refractivity contribution in [1.29, 1.82) is 0 Å². The number of aryl methyl sites for hydroxylation is 2. The minimum Gasteiger partial charge on any atom is -0.310 e. The predicted octanol–water partition coefficient (Wildman–Crippen LogP) is 1.62. The fraction of sp³-hybridized carbons (Fsp3) is 0.733. The molecule has 0 aliphatic rings. The van der Waals surface area contributed by atoms with E-state index in [4.69, 9.17) is 0 Å². The molecule has 2 N–H and O–H groups in total. The number of likely N-dealkylation sites (N-methyl/N-ethyl adjacent to an activating group) is 1. The molecule has 1 rings (SSSR count). The quantitative estimate of drug-likeness (QED) is 0.831. The third kappa shape index (κ3) is 4.15. The van der Waals surface area contributed by atoms with E-state index in [-0.39, 0.29) is 11.6 Å². The molecule has 5 nitrogen and oxygen atoms in total. The van der Waals surface area contributed by atoms with E-state index in [0.29, 0.717) is 17.8 Å². The Bertz CT molecular complexity index is 485. The number of aromatic amines is 1. The van der Waals surface area contributed by atoms with Crippen molar-refractivity contribution in [1.82, 2.24) is 20.2 Å². The van der Waals surface area contributed by atoms with Crippen molar-refractivity contribution in [3.63, 3.8) is 0 Å². The van der Waals surface area contributed by atoms with Gasteiger partial charge in [-0.05, 0) is 40.8 Å². The summed E-state index contributed by atoms with van der Waals surface area (Å²) in [6, 6.07) is 0.434. The summed E-state index contributed by atoms with van der Waals surface area (Å²) in [6.07, 6.45) is 0. The molecule has 1 aromatic heterocycles. The lowest BCUT2D eigenvalue weighted by molar-refractivity contribution is 0.219. The molecule has 0 saturated carbocycles. The molecule has 0 saturated heterocycles. The number of hydrogen-bond acceptors (Lipinski definition) is 4. The zero-order chi connectivity index (χ0) is 15.4. The molecule has 1 heterocycles. The SMILES string of the molecule is Cc1nc(C)c(C(C)NCC(C(C)C)N(C)C)c(=O)[nH]1. The maximum absolute atomic E-state index is 12.1. The fourth-order valence-electron chi connectivity index (χ4n) is 2.66. The van der Waals surface area contributed by atoms with E-state index in [1.165, 1.54) is 0 Å².